The van der Waals surface area contributed by atoms with Crippen LogP contribution in [-0.4, -0.2) is 60.2 Å². The number of aromatic hydroxyl groups is 2. The Bertz CT molecular complexity index is 1260. The number of benzene rings is 2. The zero-order valence-corrected chi connectivity index (χ0v) is 17.4. The summed E-state index contributed by atoms with van der Waals surface area (Å²) in [5, 5.41) is 26.1. The van der Waals surface area contributed by atoms with Gasteiger partial charge in [0.15, 0.2) is 0 Å². The maximum absolute atomic E-state index is 12.4. The molecule has 1 aliphatic heterocycles. The fraction of sp³-hybridized carbons (Fsp3) is 0.304. The molecule has 0 bridgehead atoms. The van der Waals surface area contributed by atoms with Gasteiger partial charge in [-0.1, -0.05) is 0 Å². The average Bonchev–Trinajstić information content (AvgIpc) is 3.26. The van der Waals surface area contributed by atoms with Crippen molar-refractivity contribution in [1.82, 2.24) is 15.2 Å². The van der Waals surface area contributed by atoms with Crippen LogP contribution in [0.5, 0.6) is 11.5 Å². The van der Waals surface area contributed by atoms with Crippen molar-refractivity contribution >= 4 is 22.4 Å². The molecule has 0 unspecified atom stereocenters. The zero-order valence-electron chi connectivity index (χ0n) is 17.4. The van der Waals surface area contributed by atoms with E-state index in [1.807, 2.05) is 44.4 Å². The molecule has 2 aromatic carbocycles. The Morgan fingerprint density at radius 2 is 1.93 bits per heavy atom. The largest absolute Gasteiger partial charge is 0.507 e. The molecular formula is C23H26N4O3. The van der Waals surface area contributed by atoms with Gasteiger partial charge in [0.1, 0.15) is 11.5 Å². The molecule has 3 aromatic rings. The monoisotopic (exact) mass is 406 g/mol. The van der Waals surface area contributed by atoms with Crippen LogP contribution in [-0.2, 0) is 11.2 Å². The molecule has 4 rings (SSSR count). The number of fused-ring (bicyclic) bond motifs is 2. The minimum atomic E-state index is -0.288. The Labute approximate surface area is 174 Å². The number of phenols is 2. The van der Waals surface area contributed by atoms with Crippen molar-refractivity contribution in [2.24, 2.45) is 4.99 Å². The fourth-order valence-electron chi connectivity index (χ4n) is 4.01. The molecule has 7 heteroatoms. The molecule has 0 spiro atoms. The van der Waals surface area contributed by atoms with E-state index < -0.39 is 0 Å². The molecule has 0 fully saturated rings. The van der Waals surface area contributed by atoms with Gasteiger partial charge in [0, 0.05) is 29.3 Å². The Balaban J connectivity index is 1.85. The number of likely N-dealkylation sites (N-methyl/N-ethyl adjacent to an activating group) is 1. The molecule has 0 saturated carbocycles. The van der Waals surface area contributed by atoms with Gasteiger partial charge >= 0.3 is 0 Å². The van der Waals surface area contributed by atoms with E-state index in [0.717, 1.165) is 40.6 Å². The fourth-order valence-corrected chi connectivity index (χ4v) is 4.01. The lowest BCUT2D eigenvalue weighted by molar-refractivity contribution is -0.112. The lowest BCUT2D eigenvalue weighted by atomic mass is 9.98. The van der Waals surface area contributed by atoms with E-state index in [0.29, 0.717) is 29.1 Å². The van der Waals surface area contributed by atoms with E-state index in [2.05, 4.69) is 15.3 Å². The third-order valence-corrected chi connectivity index (χ3v) is 5.54. The summed E-state index contributed by atoms with van der Waals surface area (Å²) in [6, 6.07) is 6.97. The highest BCUT2D eigenvalue weighted by atomic mass is 16.3. The topological polar surface area (TPSA) is 101 Å². The quantitative estimate of drug-likeness (QED) is 0.473. The van der Waals surface area contributed by atoms with Gasteiger partial charge in [-0.2, -0.15) is 0 Å². The van der Waals surface area contributed by atoms with Gasteiger partial charge in [0.2, 0.25) is 0 Å². The molecule has 2 heterocycles. The Kier molecular flexibility index (Phi) is 5.32. The molecule has 30 heavy (non-hydrogen) atoms. The molecule has 1 aliphatic rings. The average molecular weight is 406 g/mol. The molecule has 156 valence electrons. The van der Waals surface area contributed by atoms with Crippen LogP contribution < -0.4 is 15.9 Å². The molecule has 4 N–H and O–H groups in total. The van der Waals surface area contributed by atoms with Crippen molar-refractivity contribution < 1.29 is 15.0 Å². The first-order valence-corrected chi connectivity index (χ1v) is 10.0. The standard InChI is InChI=1S/C23H26N4O3/c1-24-8-6-13-12-25-22-15(4-5-18(28)20(13)22)14-10-17-21(19(29)11-14)16(23(30)26-17)7-9-27(2)3/h4-5,10-12,24-25,28-29H,6-9H2,1-3H3. The normalized spacial score (nSPS) is 13.3. The predicted molar refractivity (Wildman–Crippen MR) is 117 cm³/mol. The van der Waals surface area contributed by atoms with Crippen LogP contribution in [0.1, 0.15) is 12.0 Å². The van der Waals surface area contributed by atoms with E-state index in [4.69, 9.17) is 0 Å². The van der Waals surface area contributed by atoms with Gasteiger partial charge in [-0.15, -0.1) is 0 Å². The number of H-pyrrole nitrogens is 1. The third kappa shape index (κ3) is 3.46. The van der Waals surface area contributed by atoms with Gasteiger partial charge in [0.25, 0.3) is 5.91 Å². The van der Waals surface area contributed by atoms with Crippen molar-refractivity contribution in [3.63, 3.8) is 0 Å². The summed E-state index contributed by atoms with van der Waals surface area (Å²) >= 11 is 0. The smallest absolute Gasteiger partial charge is 0.274 e. The van der Waals surface area contributed by atoms with Gasteiger partial charge < -0.3 is 25.4 Å². The zero-order chi connectivity index (χ0) is 21.4. The molecule has 1 amide bonds. The summed E-state index contributed by atoms with van der Waals surface area (Å²) in [7, 11) is 5.78. The van der Waals surface area contributed by atoms with Gasteiger partial charge in [-0.05, 0) is 75.9 Å². The third-order valence-electron chi connectivity index (χ3n) is 5.54. The van der Waals surface area contributed by atoms with E-state index in [1.165, 1.54) is 0 Å². The number of carbonyl (C=O) groups is 1. The summed E-state index contributed by atoms with van der Waals surface area (Å²) in [5.74, 6) is -0.0240. The first kappa shape index (κ1) is 20.1. The van der Waals surface area contributed by atoms with E-state index in [-0.39, 0.29) is 17.4 Å². The SMILES string of the molecule is CNCCc1c[nH]c2c(-c3cc(O)c4c(c3)=NC(=O)C=4CCN(C)C)ccc(O)c12. The van der Waals surface area contributed by atoms with Crippen LogP contribution in [0, 0.1) is 0 Å². The van der Waals surface area contributed by atoms with Crippen LogP contribution in [0.4, 0.5) is 0 Å². The highest BCUT2D eigenvalue weighted by Crippen LogP contribution is 2.36. The van der Waals surface area contributed by atoms with Crippen molar-refractivity contribution in [1.29, 1.82) is 0 Å². The number of nitrogens with one attached hydrogen (secondary N) is 2. The second-order valence-corrected chi connectivity index (χ2v) is 7.89. The highest BCUT2D eigenvalue weighted by Gasteiger charge is 2.21. The van der Waals surface area contributed by atoms with Crippen molar-refractivity contribution in [2.45, 2.75) is 12.8 Å². The van der Waals surface area contributed by atoms with Crippen molar-refractivity contribution in [3.05, 3.63) is 46.6 Å². The number of carbonyl (C=O) groups excluding carboxylic acids is 1. The number of hydrogen-bond donors (Lipinski definition) is 4. The van der Waals surface area contributed by atoms with Gasteiger partial charge in [0.05, 0.1) is 16.1 Å². The van der Waals surface area contributed by atoms with Crippen LogP contribution in [0.15, 0.2) is 35.5 Å². The minimum Gasteiger partial charge on any atom is -0.507 e. The number of hydrogen-bond acceptors (Lipinski definition) is 5. The van der Waals surface area contributed by atoms with E-state index in [9.17, 15) is 15.0 Å². The van der Waals surface area contributed by atoms with E-state index >= 15 is 0 Å². The maximum Gasteiger partial charge on any atom is 0.274 e. The summed E-state index contributed by atoms with van der Waals surface area (Å²) in [4.78, 5) is 21.9. The van der Waals surface area contributed by atoms with Crippen LogP contribution in [0.2, 0.25) is 0 Å². The number of aromatic nitrogens is 1. The molecule has 0 aliphatic carbocycles. The van der Waals surface area contributed by atoms with Gasteiger partial charge in [-0.25, -0.2) is 4.99 Å². The first-order chi connectivity index (χ1) is 14.4. The molecule has 7 nitrogen and oxygen atoms in total. The Morgan fingerprint density at radius 1 is 1.13 bits per heavy atom. The molecular weight excluding hydrogens is 380 g/mol. The second-order valence-electron chi connectivity index (χ2n) is 7.89. The number of amides is 1. The van der Waals surface area contributed by atoms with Crippen LogP contribution in [0.25, 0.3) is 27.6 Å². The molecule has 0 saturated heterocycles. The molecule has 1 aromatic heterocycles. The van der Waals surface area contributed by atoms with Crippen LogP contribution >= 0.6 is 0 Å². The van der Waals surface area contributed by atoms with Crippen molar-refractivity contribution in [3.8, 4) is 22.6 Å². The summed E-state index contributed by atoms with van der Waals surface area (Å²) in [6.07, 6.45) is 3.21. The number of nitrogens with zero attached hydrogens (tertiary/aromatic N) is 2. The summed E-state index contributed by atoms with van der Waals surface area (Å²) < 4.78 is 0. The predicted octanol–water partition coefficient (Wildman–Crippen LogP) is 1.27. The second kappa shape index (κ2) is 7.93. The van der Waals surface area contributed by atoms with Gasteiger partial charge in [-0.3, -0.25) is 4.79 Å². The highest BCUT2D eigenvalue weighted by molar-refractivity contribution is 6.15. The maximum atomic E-state index is 12.4. The number of rotatable bonds is 7. The lowest BCUT2D eigenvalue weighted by Gasteiger charge is -2.09. The minimum absolute atomic E-state index is 0.0500. The lowest BCUT2D eigenvalue weighted by Crippen LogP contribution is -2.25. The molecule has 0 atom stereocenters. The van der Waals surface area contributed by atoms with E-state index in [1.54, 1.807) is 12.1 Å². The number of phenolic OH excluding ortho intramolecular Hbond substituents is 2. The van der Waals surface area contributed by atoms with Crippen LogP contribution in [0.3, 0.4) is 0 Å². The summed E-state index contributed by atoms with van der Waals surface area (Å²) in [6.45, 7) is 1.50. The number of aromatic amines is 1. The Hall–Kier alpha value is -3.16. The Morgan fingerprint density at radius 3 is 2.67 bits per heavy atom. The summed E-state index contributed by atoms with van der Waals surface area (Å²) in [5.41, 5.74) is 3.93. The molecule has 0 radical (unpaired) electrons. The first-order valence-electron chi connectivity index (χ1n) is 10.0. The van der Waals surface area contributed by atoms with Crippen molar-refractivity contribution in [2.75, 3.05) is 34.2 Å².